The van der Waals surface area contributed by atoms with Crippen LogP contribution in [0.5, 0.6) is 0 Å². The van der Waals surface area contributed by atoms with Gasteiger partial charge in [-0.15, -0.1) is 15.3 Å². The third-order valence-corrected chi connectivity index (χ3v) is 3.14. The van der Waals surface area contributed by atoms with E-state index in [4.69, 9.17) is 5.11 Å². The summed E-state index contributed by atoms with van der Waals surface area (Å²) in [6.45, 7) is 0.368. The van der Waals surface area contributed by atoms with Crippen LogP contribution in [0.15, 0.2) is 23.3 Å². The van der Waals surface area contributed by atoms with Gasteiger partial charge in [0.1, 0.15) is 6.20 Å². The minimum absolute atomic E-state index is 0.00793. The molecular formula is C12H13N9O3. The molecule has 0 bridgehead atoms. The summed E-state index contributed by atoms with van der Waals surface area (Å²) in [5.74, 6) is 0.740. The molecule has 3 rings (SSSR count). The van der Waals surface area contributed by atoms with Gasteiger partial charge in [0.2, 0.25) is 5.82 Å². The molecule has 0 radical (unpaired) electrons. The van der Waals surface area contributed by atoms with E-state index in [1.807, 2.05) is 0 Å². The van der Waals surface area contributed by atoms with Crippen LogP contribution in [0.1, 0.15) is 0 Å². The minimum atomic E-state index is -0.532. The Kier molecular flexibility index (Phi) is 4.11. The zero-order valence-corrected chi connectivity index (χ0v) is 12.6. The summed E-state index contributed by atoms with van der Waals surface area (Å²) in [5.41, 5.74) is 0.456. The third kappa shape index (κ3) is 2.77. The summed E-state index contributed by atoms with van der Waals surface area (Å²) in [6, 6.07) is 3.31. The normalized spacial score (nSPS) is 11.4. The highest BCUT2D eigenvalue weighted by Gasteiger charge is 2.23. The second kappa shape index (κ2) is 6.37. The van der Waals surface area contributed by atoms with Crippen molar-refractivity contribution >= 4 is 23.6 Å². The average molecular weight is 331 g/mol. The fraction of sp³-hybridized carbons (Fsp3) is 0.250. The zero-order chi connectivity index (χ0) is 17.1. The molecule has 0 aromatic carbocycles. The minimum Gasteiger partial charge on any atom is -0.395 e. The van der Waals surface area contributed by atoms with Crippen molar-refractivity contribution < 1.29 is 10.0 Å². The van der Waals surface area contributed by atoms with E-state index in [0.717, 1.165) is 6.20 Å². The van der Waals surface area contributed by atoms with Crippen molar-refractivity contribution in [3.05, 3.63) is 28.4 Å². The molecule has 0 spiro atoms. The molecule has 12 heteroatoms. The number of aliphatic hydroxyl groups excluding tert-OH is 1. The Morgan fingerprint density at radius 3 is 2.96 bits per heavy atom. The van der Waals surface area contributed by atoms with E-state index >= 15 is 0 Å². The molecule has 3 aromatic heterocycles. The van der Waals surface area contributed by atoms with Crippen molar-refractivity contribution in [1.29, 1.82) is 0 Å². The summed E-state index contributed by atoms with van der Waals surface area (Å²) in [7, 11) is 1.52. The van der Waals surface area contributed by atoms with Gasteiger partial charge in [-0.3, -0.25) is 0 Å². The van der Waals surface area contributed by atoms with E-state index in [1.54, 1.807) is 12.1 Å². The lowest BCUT2D eigenvalue weighted by molar-refractivity contribution is -0.391. The molecule has 0 saturated carbocycles. The van der Waals surface area contributed by atoms with Gasteiger partial charge in [-0.1, -0.05) is 0 Å². The number of rotatable bonds is 6. The Morgan fingerprint density at radius 2 is 2.25 bits per heavy atom. The first-order valence-corrected chi connectivity index (χ1v) is 6.87. The molecule has 0 aliphatic rings. The van der Waals surface area contributed by atoms with Gasteiger partial charge in [0.15, 0.2) is 11.5 Å². The van der Waals surface area contributed by atoms with Crippen LogP contribution in [0.4, 0.5) is 11.6 Å². The van der Waals surface area contributed by atoms with E-state index in [9.17, 15) is 10.1 Å². The number of hydrogen-bond acceptors (Lipinski definition) is 8. The largest absolute Gasteiger partial charge is 0.395 e. The van der Waals surface area contributed by atoms with Crippen LogP contribution in [0.25, 0.3) is 17.3 Å². The second-order valence-corrected chi connectivity index (χ2v) is 4.68. The van der Waals surface area contributed by atoms with Gasteiger partial charge in [-0.25, -0.2) is 14.5 Å². The first-order chi connectivity index (χ1) is 11.6. The predicted octanol–water partition coefficient (Wildman–Crippen LogP) is -0.325. The average Bonchev–Trinajstić information content (AvgIpc) is 3.14. The monoisotopic (exact) mass is 331 g/mol. The molecule has 2 N–H and O–H groups in total. The number of aromatic nitrogens is 6. The van der Waals surface area contributed by atoms with Crippen LogP contribution in [0.3, 0.4) is 0 Å². The number of aliphatic hydroxyl groups is 1. The molecule has 0 atom stereocenters. The molecule has 12 nitrogen and oxygen atoms in total. The van der Waals surface area contributed by atoms with Crippen molar-refractivity contribution in [3.8, 4) is 11.6 Å². The van der Waals surface area contributed by atoms with Gasteiger partial charge in [0, 0.05) is 6.54 Å². The molecule has 0 aliphatic carbocycles. The van der Waals surface area contributed by atoms with Crippen LogP contribution in [-0.4, -0.2) is 58.9 Å². The highest BCUT2D eigenvalue weighted by atomic mass is 16.6. The van der Waals surface area contributed by atoms with Gasteiger partial charge >= 0.3 is 5.82 Å². The predicted molar refractivity (Wildman–Crippen MR) is 82.9 cm³/mol. The van der Waals surface area contributed by atoms with Crippen LogP contribution in [-0.2, 0) is 7.05 Å². The molecular weight excluding hydrogens is 318 g/mol. The summed E-state index contributed by atoms with van der Waals surface area (Å²) < 4.78 is 2.71. The topological polar surface area (TPSA) is 149 Å². The molecule has 124 valence electrons. The molecule has 0 unspecified atom stereocenters. The Hall–Kier alpha value is -3.41. The molecule has 24 heavy (non-hydrogen) atoms. The summed E-state index contributed by atoms with van der Waals surface area (Å²) >= 11 is 0. The van der Waals surface area contributed by atoms with Gasteiger partial charge in [-0.05, 0) is 17.1 Å². The Balaban J connectivity index is 2.00. The molecule has 0 amide bonds. The number of aliphatic imine (C=N–C) groups is 1. The number of nitrogens with one attached hydrogen (secondary N) is 1. The fourth-order valence-corrected chi connectivity index (χ4v) is 2.01. The Bertz CT molecular complexity index is 914. The van der Waals surface area contributed by atoms with Crippen LogP contribution in [0, 0.1) is 10.1 Å². The van der Waals surface area contributed by atoms with Crippen molar-refractivity contribution in [1.82, 2.24) is 34.7 Å². The summed E-state index contributed by atoms with van der Waals surface area (Å²) in [5, 5.41) is 34.6. The number of nitro groups is 1. The summed E-state index contributed by atoms with van der Waals surface area (Å²) in [6.07, 6.45) is 2.57. The lowest BCUT2D eigenvalue weighted by atomic mass is 10.5. The smallest absolute Gasteiger partial charge is 0.343 e. The van der Waals surface area contributed by atoms with Gasteiger partial charge in [0.25, 0.3) is 5.82 Å². The van der Waals surface area contributed by atoms with Crippen molar-refractivity contribution in [2.45, 2.75) is 0 Å². The van der Waals surface area contributed by atoms with E-state index in [0.29, 0.717) is 18.0 Å². The summed E-state index contributed by atoms with van der Waals surface area (Å²) in [4.78, 5) is 18.5. The number of imidazole rings is 1. The van der Waals surface area contributed by atoms with Crippen molar-refractivity contribution in [3.63, 3.8) is 0 Å². The maximum atomic E-state index is 10.9. The first-order valence-electron chi connectivity index (χ1n) is 6.87. The van der Waals surface area contributed by atoms with E-state index in [1.165, 1.54) is 22.5 Å². The third-order valence-electron chi connectivity index (χ3n) is 3.14. The number of fused-ring (bicyclic) bond motifs is 1. The molecule has 0 fully saturated rings. The second-order valence-electron chi connectivity index (χ2n) is 4.68. The van der Waals surface area contributed by atoms with Gasteiger partial charge in [0.05, 0.1) is 20.0 Å². The van der Waals surface area contributed by atoms with E-state index in [2.05, 4.69) is 30.6 Å². The maximum absolute atomic E-state index is 10.9. The lowest BCUT2D eigenvalue weighted by Crippen LogP contribution is -2.15. The Morgan fingerprint density at radius 1 is 1.42 bits per heavy atom. The molecule has 3 heterocycles. The molecule has 3 aromatic rings. The van der Waals surface area contributed by atoms with Gasteiger partial charge in [-0.2, -0.15) is 4.52 Å². The maximum Gasteiger partial charge on any atom is 0.343 e. The number of nitrogens with zero attached hydrogens (tertiary/aromatic N) is 8. The van der Waals surface area contributed by atoms with Crippen LogP contribution >= 0.6 is 0 Å². The Labute approximate surface area is 134 Å². The van der Waals surface area contributed by atoms with Crippen molar-refractivity contribution in [2.75, 3.05) is 13.2 Å². The molecule has 0 aliphatic heterocycles. The SMILES string of the molecule is Cn1c([N+](=O)[O-])cnc1-c1nnc2ccc(N=CNCCO)nn12. The highest BCUT2D eigenvalue weighted by Crippen LogP contribution is 2.21. The fourth-order valence-electron chi connectivity index (χ4n) is 2.01. The van der Waals surface area contributed by atoms with E-state index < -0.39 is 4.92 Å². The van der Waals surface area contributed by atoms with Crippen LogP contribution in [0.2, 0.25) is 0 Å². The van der Waals surface area contributed by atoms with Crippen LogP contribution < -0.4 is 5.32 Å². The quantitative estimate of drug-likeness (QED) is 0.205. The highest BCUT2D eigenvalue weighted by molar-refractivity contribution is 5.60. The first kappa shape index (κ1) is 15.5. The number of hydrogen-bond donors (Lipinski definition) is 2. The van der Waals surface area contributed by atoms with E-state index in [-0.39, 0.29) is 24.1 Å². The molecule has 0 saturated heterocycles. The lowest BCUT2D eigenvalue weighted by Gasteiger charge is -1.99. The van der Waals surface area contributed by atoms with Gasteiger partial charge < -0.3 is 20.5 Å². The van der Waals surface area contributed by atoms with Crippen molar-refractivity contribution in [2.24, 2.45) is 12.0 Å². The zero-order valence-electron chi connectivity index (χ0n) is 12.6. The standard InChI is InChI=1S/C12H13N9O3/c1-19-10(21(23)24)6-14-11(19)12-17-16-9-3-2-8(18-20(9)12)15-7-13-4-5-22/h2-3,6-7,22H,4-5H2,1H3,(H,13,15,18).